The lowest BCUT2D eigenvalue weighted by molar-refractivity contribution is 0.0920. The normalized spacial score (nSPS) is 19.9. The summed E-state index contributed by atoms with van der Waals surface area (Å²) in [4.78, 5) is 34.3. The predicted octanol–water partition coefficient (Wildman–Crippen LogP) is 3.15. The molecule has 3 N–H and O–H groups in total. The molecule has 1 aliphatic rings. The highest BCUT2D eigenvalue weighted by Gasteiger charge is 2.26. The molecule has 1 amide bonds. The van der Waals surface area contributed by atoms with Crippen LogP contribution in [0, 0.1) is 12.7 Å². The maximum absolute atomic E-state index is 14.0. The van der Waals surface area contributed by atoms with Gasteiger partial charge >= 0.3 is 0 Å². The number of rotatable bonds is 3. The van der Waals surface area contributed by atoms with Gasteiger partial charge < -0.3 is 15.3 Å². The van der Waals surface area contributed by atoms with Gasteiger partial charge in [0.2, 0.25) is 0 Å². The van der Waals surface area contributed by atoms with Crippen molar-refractivity contribution in [2.24, 2.45) is 0 Å². The lowest BCUT2D eigenvalue weighted by Gasteiger charge is -2.29. The number of H-pyrrole nitrogens is 2. The number of nitrogens with one attached hydrogen (secondary N) is 3. The summed E-state index contributed by atoms with van der Waals surface area (Å²) in [6.45, 7) is 1.87. The molecule has 2 aromatic heterocycles. The first-order valence-corrected chi connectivity index (χ1v) is 9.15. The van der Waals surface area contributed by atoms with E-state index in [9.17, 15) is 14.0 Å². The average Bonchev–Trinajstić information content (AvgIpc) is 3.12. The van der Waals surface area contributed by atoms with Crippen LogP contribution in [0.15, 0.2) is 35.3 Å². The summed E-state index contributed by atoms with van der Waals surface area (Å²) in [5.41, 5.74) is 1.73. The van der Waals surface area contributed by atoms with E-state index in [0.29, 0.717) is 28.8 Å². The number of benzene rings is 1. The van der Waals surface area contributed by atoms with E-state index in [4.69, 9.17) is 0 Å². The number of hydrogen-bond donors (Lipinski definition) is 3. The second-order valence-corrected chi connectivity index (χ2v) is 7.19. The zero-order valence-electron chi connectivity index (χ0n) is 15.0. The van der Waals surface area contributed by atoms with Crippen LogP contribution in [-0.4, -0.2) is 26.9 Å². The van der Waals surface area contributed by atoms with Crippen LogP contribution >= 0.6 is 0 Å². The standard InChI is InChI=1S/C20H21FN4O2/c1-11-5-6-15(21)14-10-16(24-18(11)14)20(27)23-13-4-2-3-12(9-13)19-22-8-7-17(26)25-19/h5-8,10,12-13,24H,2-4,9H2,1H3,(H,23,27)(H,22,25,26)/t12-,13+/m0/s1. The Morgan fingerprint density at radius 3 is 2.89 bits per heavy atom. The number of carbonyl (C=O) groups excluding carboxylic acids is 1. The Labute approximate surface area is 155 Å². The lowest BCUT2D eigenvalue weighted by Crippen LogP contribution is -2.38. The maximum Gasteiger partial charge on any atom is 0.267 e. The summed E-state index contributed by atoms with van der Waals surface area (Å²) < 4.78 is 14.0. The SMILES string of the molecule is Cc1ccc(F)c2cc(C(=O)N[C@@H]3CCC[C@H](c4nccc(=O)[nH]4)C3)[nH]c12. The largest absolute Gasteiger partial charge is 0.350 e. The van der Waals surface area contributed by atoms with Gasteiger partial charge in [-0.25, -0.2) is 9.37 Å². The van der Waals surface area contributed by atoms with Crippen molar-refractivity contribution in [1.82, 2.24) is 20.3 Å². The monoisotopic (exact) mass is 368 g/mol. The molecule has 2 atom stereocenters. The molecule has 0 aliphatic heterocycles. The van der Waals surface area contributed by atoms with Crippen molar-refractivity contribution in [2.75, 3.05) is 0 Å². The minimum atomic E-state index is -0.345. The number of fused-ring (bicyclic) bond motifs is 1. The van der Waals surface area contributed by atoms with Gasteiger partial charge in [-0.15, -0.1) is 0 Å². The summed E-state index contributed by atoms with van der Waals surface area (Å²) >= 11 is 0. The summed E-state index contributed by atoms with van der Waals surface area (Å²) in [7, 11) is 0. The molecular formula is C20H21FN4O2. The number of nitrogens with zero attached hydrogens (tertiary/aromatic N) is 1. The number of aromatic nitrogens is 3. The number of amides is 1. The summed E-state index contributed by atoms with van der Waals surface area (Å²) in [5, 5.41) is 3.46. The van der Waals surface area contributed by atoms with Crippen molar-refractivity contribution in [3.8, 4) is 0 Å². The number of aryl methyl sites for hydroxylation is 1. The van der Waals surface area contributed by atoms with Crippen LogP contribution in [0.25, 0.3) is 10.9 Å². The Morgan fingerprint density at radius 1 is 1.26 bits per heavy atom. The van der Waals surface area contributed by atoms with Crippen LogP contribution in [0.1, 0.15) is 53.5 Å². The summed E-state index contributed by atoms with van der Waals surface area (Å²) in [6, 6.07) is 6.03. The van der Waals surface area contributed by atoms with Crippen molar-refractivity contribution >= 4 is 16.8 Å². The Bertz CT molecular complexity index is 1020. The lowest BCUT2D eigenvalue weighted by atomic mass is 9.85. The molecule has 0 spiro atoms. The van der Waals surface area contributed by atoms with Crippen LogP contribution in [0.2, 0.25) is 0 Å². The van der Waals surface area contributed by atoms with Gasteiger partial charge in [0.25, 0.3) is 11.5 Å². The maximum atomic E-state index is 14.0. The molecule has 4 rings (SSSR count). The number of carbonyl (C=O) groups is 1. The molecule has 1 saturated carbocycles. The van der Waals surface area contributed by atoms with Crippen molar-refractivity contribution in [3.63, 3.8) is 0 Å². The van der Waals surface area contributed by atoms with E-state index in [-0.39, 0.29) is 29.2 Å². The molecule has 1 aromatic carbocycles. The summed E-state index contributed by atoms with van der Waals surface area (Å²) in [5.74, 6) is 0.193. The Balaban J connectivity index is 1.50. The van der Waals surface area contributed by atoms with E-state index >= 15 is 0 Å². The molecule has 3 aromatic rings. The van der Waals surface area contributed by atoms with Gasteiger partial charge in [0.1, 0.15) is 17.3 Å². The molecule has 27 heavy (non-hydrogen) atoms. The first-order chi connectivity index (χ1) is 13.0. The molecule has 140 valence electrons. The zero-order chi connectivity index (χ0) is 19.0. The van der Waals surface area contributed by atoms with Crippen LogP contribution < -0.4 is 10.9 Å². The van der Waals surface area contributed by atoms with E-state index in [0.717, 1.165) is 24.8 Å². The quantitative estimate of drug-likeness (QED) is 0.663. The fraction of sp³-hybridized carbons (Fsp3) is 0.350. The topological polar surface area (TPSA) is 90.6 Å². The van der Waals surface area contributed by atoms with Crippen molar-refractivity contribution in [1.29, 1.82) is 0 Å². The molecule has 0 bridgehead atoms. The van der Waals surface area contributed by atoms with E-state index < -0.39 is 0 Å². The predicted molar refractivity (Wildman–Crippen MR) is 100 cm³/mol. The van der Waals surface area contributed by atoms with Gasteiger partial charge in [0, 0.05) is 29.6 Å². The van der Waals surface area contributed by atoms with Gasteiger partial charge in [-0.3, -0.25) is 9.59 Å². The van der Waals surface area contributed by atoms with Crippen LogP contribution in [0.5, 0.6) is 0 Å². The smallest absolute Gasteiger partial charge is 0.267 e. The minimum Gasteiger partial charge on any atom is -0.350 e. The van der Waals surface area contributed by atoms with Crippen molar-refractivity contribution < 1.29 is 9.18 Å². The fourth-order valence-corrected chi connectivity index (χ4v) is 3.87. The summed E-state index contributed by atoms with van der Waals surface area (Å²) in [6.07, 6.45) is 4.96. The second kappa shape index (κ2) is 6.98. The van der Waals surface area contributed by atoms with Crippen LogP contribution in [-0.2, 0) is 0 Å². The highest BCUT2D eigenvalue weighted by atomic mass is 19.1. The third-order valence-corrected chi connectivity index (χ3v) is 5.28. The third kappa shape index (κ3) is 3.49. The number of aromatic amines is 2. The van der Waals surface area contributed by atoms with E-state index in [1.54, 1.807) is 12.1 Å². The molecule has 0 saturated heterocycles. The molecular weight excluding hydrogens is 347 g/mol. The third-order valence-electron chi connectivity index (χ3n) is 5.28. The molecule has 7 heteroatoms. The Morgan fingerprint density at radius 2 is 2.11 bits per heavy atom. The number of halogens is 1. The average molecular weight is 368 g/mol. The fourth-order valence-electron chi connectivity index (χ4n) is 3.87. The molecule has 0 radical (unpaired) electrons. The number of hydrogen-bond acceptors (Lipinski definition) is 3. The van der Waals surface area contributed by atoms with E-state index in [2.05, 4.69) is 20.3 Å². The Kier molecular flexibility index (Phi) is 4.51. The van der Waals surface area contributed by atoms with Crippen LogP contribution in [0.4, 0.5) is 4.39 Å². The van der Waals surface area contributed by atoms with Crippen molar-refractivity contribution in [3.05, 3.63) is 63.7 Å². The minimum absolute atomic E-state index is 0.0147. The van der Waals surface area contributed by atoms with Gasteiger partial charge in [0.15, 0.2) is 0 Å². The zero-order valence-corrected chi connectivity index (χ0v) is 15.0. The van der Waals surface area contributed by atoms with Crippen LogP contribution in [0.3, 0.4) is 0 Å². The van der Waals surface area contributed by atoms with E-state index in [1.807, 2.05) is 6.92 Å². The Hall–Kier alpha value is -2.96. The van der Waals surface area contributed by atoms with Gasteiger partial charge in [-0.05, 0) is 43.9 Å². The van der Waals surface area contributed by atoms with E-state index in [1.165, 1.54) is 18.3 Å². The molecule has 1 aliphatic carbocycles. The highest BCUT2D eigenvalue weighted by molar-refractivity contribution is 5.99. The molecule has 0 unspecified atom stereocenters. The molecule has 2 heterocycles. The molecule has 6 nitrogen and oxygen atoms in total. The second-order valence-electron chi connectivity index (χ2n) is 7.19. The van der Waals surface area contributed by atoms with Gasteiger partial charge in [-0.1, -0.05) is 12.5 Å². The first-order valence-electron chi connectivity index (χ1n) is 9.15. The first kappa shape index (κ1) is 17.5. The molecule has 1 fully saturated rings. The highest BCUT2D eigenvalue weighted by Crippen LogP contribution is 2.31. The van der Waals surface area contributed by atoms with Gasteiger partial charge in [0.05, 0.1) is 5.52 Å². The van der Waals surface area contributed by atoms with Crippen molar-refractivity contribution in [2.45, 2.75) is 44.6 Å². The van der Waals surface area contributed by atoms with Gasteiger partial charge in [-0.2, -0.15) is 0 Å².